The van der Waals surface area contributed by atoms with E-state index in [9.17, 15) is 21.6 Å². The van der Waals surface area contributed by atoms with Gasteiger partial charge in [-0.3, -0.25) is 4.98 Å². The predicted octanol–water partition coefficient (Wildman–Crippen LogP) is 4.54. The molecule has 0 atom stereocenters. The van der Waals surface area contributed by atoms with Crippen LogP contribution in [0.25, 0.3) is 22.3 Å². The predicted molar refractivity (Wildman–Crippen MR) is 92.8 cm³/mol. The summed E-state index contributed by atoms with van der Waals surface area (Å²) in [5.74, 6) is -2.31. The lowest BCUT2D eigenvalue weighted by atomic mass is 9.95. The van der Waals surface area contributed by atoms with Crippen LogP contribution < -0.4 is 0 Å². The first kappa shape index (κ1) is 18.1. The lowest BCUT2D eigenvalue weighted by Gasteiger charge is -2.12. The van der Waals surface area contributed by atoms with Crippen molar-refractivity contribution in [2.75, 3.05) is 6.26 Å². The number of benzene rings is 2. The Kier molecular flexibility index (Phi) is 4.58. The molecule has 0 radical (unpaired) electrons. The van der Waals surface area contributed by atoms with Crippen LogP contribution in [0.5, 0.6) is 0 Å². The molecule has 0 bridgehead atoms. The zero-order valence-corrected chi connectivity index (χ0v) is 14.7. The molecule has 0 aliphatic carbocycles. The molecule has 2 aromatic carbocycles. The Labute approximate surface area is 149 Å². The SMILES string of the molecule is Cc1cc(-c2ccncc2-c2cc(F)c(S(C)(=O)=O)cc2F)ccc1F. The van der Waals surface area contributed by atoms with E-state index in [4.69, 9.17) is 0 Å². The summed E-state index contributed by atoms with van der Waals surface area (Å²) in [5, 5.41) is 0. The first-order chi connectivity index (χ1) is 12.2. The Morgan fingerprint density at radius 2 is 1.58 bits per heavy atom. The van der Waals surface area contributed by atoms with E-state index in [2.05, 4.69) is 4.98 Å². The molecule has 3 nitrogen and oxygen atoms in total. The van der Waals surface area contributed by atoms with Gasteiger partial charge >= 0.3 is 0 Å². The Morgan fingerprint density at radius 1 is 0.846 bits per heavy atom. The van der Waals surface area contributed by atoms with Crippen molar-refractivity contribution in [1.82, 2.24) is 4.98 Å². The summed E-state index contributed by atoms with van der Waals surface area (Å²) in [4.78, 5) is 3.24. The standard InChI is InChI=1S/C19H14F3NO2S/c1-11-7-12(3-4-16(11)20)13-5-6-23-10-15(13)14-8-18(22)19(9-17(14)21)26(2,24)25/h3-10H,1-2H3. The number of aromatic nitrogens is 1. The Hall–Kier alpha value is -2.67. The Morgan fingerprint density at radius 3 is 2.23 bits per heavy atom. The number of pyridine rings is 1. The van der Waals surface area contributed by atoms with Crippen LogP contribution in [0.4, 0.5) is 13.2 Å². The van der Waals surface area contributed by atoms with Crippen LogP contribution in [-0.2, 0) is 9.84 Å². The third-order valence-corrected chi connectivity index (χ3v) is 5.11. The number of nitrogens with zero attached hydrogens (tertiary/aromatic N) is 1. The zero-order chi connectivity index (χ0) is 19.1. The highest BCUT2D eigenvalue weighted by Crippen LogP contribution is 2.35. The van der Waals surface area contributed by atoms with Gasteiger partial charge in [0, 0.05) is 29.8 Å². The van der Waals surface area contributed by atoms with E-state index in [1.54, 1.807) is 19.1 Å². The van der Waals surface area contributed by atoms with Gasteiger partial charge in [-0.2, -0.15) is 0 Å². The summed E-state index contributed by atoms with van der Waals surface area (Å²) < 4.78 is 65.5. The summed E-state index contributed by atoms with van der Waals surface area (Å²) in [6.07, 6.45) is 3.64. The van der Waals surface area contributed by atoms with Crippen molar-refractivity contribution in [3.8, 4) is 22.3 Å². The van der Waals surface area contributed by atoms with E-state index < -0.39 is 26.4 Å². The minimum absolute atomic E-state index is 0.125. The summed E-state index contributed by atoms with van der Waals surface area (Å²) in [6.45, 7) is 1.60. The lowest BCUT2D eigenvalue weighted by molar-refractivity contribution is 0.557. The summed E-state index contributed by atoms with van der Waals surface area (Å²) in [5.41, 5.74) is 1.68. The molecule has 0 N–H and O–H groups in total. The second-order valence-electron chi connectivity index (χ2n) is 5.92. The maximum atomic E-state index is 14.6. The first-order valence-electron chi connectivity index (χ1n) is 7.58. The van der Waals surface area contributed by atoms with E-state index in [-0.39, 0.29) is 16.9 Å². The lowest BCUT2D eigenvalue weighted by Crippen LogP contribution is -2.03. The van der Waals surface area contributed by atoms with Crippen molar-refractivity contribution in [3.05, 3.63) is 71.8 Å². The van der Waals surface area contributed by atoms with Crippen LogP contribution in [0.2, 0.25) is 0 Å². The van der Waals surface area contributed by atoms with Gasteiger partial charge in [0.25, 0.3) is 0 Å². The van der Waals surface area contributed by atoms with Gasteiger partial charge in [-0.15, -0.1) is 0 Å². The largest absolute Gasteiger partial charge is 0.264 e. The fourth-order valence-corrected chi connectivity index (χ4v) is 3.42. The molecule has 0 unspecified atom stereocenters. The van der Waals surface area contributed by atoms with Gasteiger partial charge < -0.3 is 0 Å². The fourth-order valence-electron chi connectivity index (χ4n) is 2.69. The van der Waals surface area contributed by atoms with Gasteiger partial charge in [0.1, 0.15) is 22.3 Å². The number of hydrogen-bond donors (Lipinski definition) is 0. The van der Waals surface area contributed by atoms with Crippen LogP contribution in [0.15, 0.2) is 53.7 Å². The summed E-state index contributed by atoms with van der Waals surface area (Å²) in [7, 11) is -3.90. The molecule has 0 amide bonds. The topological polar surface area (TPSA) is 47.0 Å². The molecule has 0 saturated carbocycles. The first-order valence-corrected chi connectivity index (χ1v) is 9.47. The maximum Gasteiger partial charge on any atom is 0.178 e. The number of sulfone groups is 1. The molecule has 3 aromatic rings. The van der Waals surface area contributed by atoms with E-state index in [1.807, 2.05) is 0 Å². The molecule has 7 heteroatoms. The highest BCUT2D eigenvalue weighted by molar-refractivity contribution is 7.90. The van der Waals surface area contributed by atoms with Crippen molar-refractivity contribution >= 4 is 9.84 Å². The minimum Gasteiger partial charge on any atom is -0.264 e. The highest BCUT2D eigenvalue weighted by atomic mass is 32.2. The average Bonchev–Trinajstić information content (AvgIpc) is 2.58. The van der Waals surface area contributed by atoms with Crippen molar-refractivity contribution in [2.45, 2.75) is 11.8 Å². The molecule has 0 aliphatic heterocycles. The van der Waals surface area contributed by atoms with Gasteiger partial charge in [0.15, 0.2) is 9.84 Å². The van der Waals surface area contributed by atoms with Gasteiger partial charge in [-0.05, 0) is 53.9 Å². The molecule has 3 rings (SSSR count). The molecule has 0 spiro atoms. The molecule has 1 aromatic heterocycles. The molecule has 0 saturated heterocycles. The summed E-state index contributed by atoms with van der Waals surface area (Å²) >= 11 is 0. The molecule has 26 heavy (non-hydrogen) atoms. The zero-order valence-electron chi connectivity index (χ0n) is 13.9. The molecule has 0 fully saturated rings. The minimum atomic E-state index is -3.90. The highest BCUT2D eigenvalue weighted by Gasteiger charge is 2.20. The number of rotatable bonds is 3. The van der Waals surface area contributed by atoms with Crippen LogP contribution in [0, 0.1) is 24.4 Å². The summed E-state index contributed by atoms with van der Waals surface area (Å²) in [6, 6.07) is 7.51. The number of halogens is 3. The molecule has 134 valence electrons. The normalized spacial score (nSPS) is 11.6. The van der Waals surface area contributed by atoms with Crippen molar-refractivity contribution in [1.29, 1.82) is 0 Å². The van der Waals surface area contributed by atoms with Crippen LogP contribution >= 0.6 is 0 Å². The van der Waals surface area contributed by atoms with E-state index in [0.29, 0.717) is 22.8 Å². The second-order valence-corrected chi connectivity index (χ2v) is 7.90. The van der Waals surface area contributed by atoms with Gasteiger partial charge in [0.2, 0.25) is 0 Å². The third-order valence-electron chi connectivity index (χ3n) is 4.00. The third kappa shape index (κ3) is 3.35. The Balaban J connectivity index is 2.23. The molecule has 0 aliphatic rings. The van der Waals surface area contributed by atoms with E-state index in [1.165, 1.54) is 24.5 Å². The smallest absolute Gasteiger partial charge is 0.178 e. The molecular weight excluding hydrogens is 363 g/mol. The van der Waals surface area contributed by atoms with Gasteiger partial charge in [-0.1, -0.05) is 6.07 Å². The Bertz CT molecular complexity index is 1110. The number of aryl methyl sites for hydroxylation is 1. The molecular formula is C19H14F3NO2S. The van der Waals surface area contributed by atoms with Crippen molar-refractivity contribution in [2.24, 2.45) is 0 Å². The van der Waals surface area contributed by atoms with Gasteiger partial charge in [-0.25, -0.2) is 21.6 Å². The van der Waals surface area contributed by atoms with Crippen LogP contribution in [0.3, 0.4) is 0 Å². The van der Waals surface area contributed by atoms with Crippen molar-refractivity contribution in [3.63, 3.8) is 0 Å². The number of hydrogen-bond acceptors (Lipinski definition) is 3. The molecule has 1 heterocycles. The maximum absolute atomic E-state index is 14.6. The monoisotopic (exact) mass is 377 g/mol. The van der Waals surface area contributed by atoms with Crippen molar-refractivity contribution < 1.29 is 21.6 Å². The quantitative estimate of drug-likeness (QED) is 0.673. The van der Waals surface area contributed by atoms with Crippen LogP contribution in [0.1, 0.15) is 5.56 Å². The van der Waals surface area contributed by atoms with Crippen LogP contribution in [-0.4, -0.2) is 19.7 Å². The van der Waals surface area contributed by atoms with E-state index in [0.717, 1.165) is 12.3 Å². The fraction of sp³-hybridized carbons (Fsp3) is 0.105. The second kappa shape index (κ2) is 6.57. The van der Waals surface area contributed by atoms with Gasteiger partial charge in [0.05, 0.1) is 0 Å². The average molecular weight is 377 g/mol. The van der Waals surface area contributed by atoms with E-state index >= 15 is 0 Å².